The van der Waals surface area contributed by atoms with Gasteiger partial charge in [-0.1, -0.05) is 12.1 Å². The molecule has 2 N–H and O–H groups in total. The Morgan fingerprint density at radius 3 is 2.25 bits per heavy atom. The van der Waals surface area contributed by atoms with E-state index in [1.807, 2.05) is 0 Å². The van der Waals surface area contributed by atoms with Crippen molar-refractivity contribution >= 4 is 47.0 Å². The number of β-lactam (4-membered cyclic amide) rings is 1. The summed E-state index contributed by atoms with van der Waals surface area (Å²) in [6.45, 7) is 8.08. The molecule has 0 unspecified atom stereocenters. The number of nitrogens with zero attached hydrogens (tertiary/aromatic N) is 2. The van der Waals surface area contributed by atoms with E-state index in [-0.39, 0.29) is 17.4 Å². The Hall–Kier alpha value is -4.26. The molecule has 3 atom stereocenters. The van der Waals surface area contributed by atoms with Gasteiger partial charge in [0.05, 0.1) is 23.5 Å². The average Bonchev–Trinajstić information content (AvgIpc) is 3.18. The summed E-state index contributed by atoms with van der Waals surface area (Å²) in [5.41, 5.74) is 0.991. The second-order valence-electron chi connectivity index (χ2n) is 10.4. The van der Waals surface area contributed by atoms with Gasteiger partial charge in [0.15, 0.2) is 0 Å². The van der Waals surface area contributed by atoms with Gasteiger partial charge in [0.25, 0.3) is 0 Å². The first-order chi connectivity index (χ1) is 18.7. The fourth-order valence-corrected chi connectivity index (χ4v) is 4.26. The first-order valence-corrected chi connectivity index (χ1v) is 12.5. The van der Waals surface area contributed by atoms with Crippen LogP contribution in [0.1, 0.15) is 53.5 Å². The Morgan fingerprint density at radius 2 is 1.68 bits per heavy atom. The van der Waals surface area contributed by atoms with Crippen molar-refractivity contribution in [2.24, 2.45) is 16.3 Å². The van der Waals surface area contributed by atoms with Crippen molar-refractivity contribution in [1.82, 2.24) is 4.90 Å². The van der Waals surface area contributed by atoms with Crippen LogP contribution in [-0.4, -0.2) is 71.5 Å². The molecule has 1 aromatic rings. The van der Waals surface area contributed by atoms with Gasteiger partial charge < -0.3 is 34.3 Å². The molecule has 13 heteroatoms. The summed E-state index contributed by atoms with van der Waals surface area (Å²) in [6, 6.07) is 6.38. The molecule has 0 aromatic heterocycles. The number of nitrogens with one attached hydrogen (secondary N) is 1. The molecule has 0 spiro atoms. The molecule has 0 bridgehead atoms. The van der Waals surface area contributed by atoms with Crippen molar-refractivity contribution in [3.63, 3.8) is 0 Å². The minimum Gasteiger partial charge on any atom is -0.428 e. The number of carbonyl (C=O) groups excluding carboxylic acids is 5. The van der Waals surface area contributed by atoms with Gasteiger partial charge in [-0.15, -0.1) is 0 Å². The molecule has 2 heterocycles. The monoisotopic (exact) mass is 559 g/mol. The minimum atomic E-state index is -0.947. The molecule has 2 amide bonds. The normalized spacial score (nSPS) is 19.3. The molecule has 13 nitrogen and oxygen atoms in total. The van der Waals surface area contributed by atoms with Crippen molar-refractivity contribution in [3.8, 4) is 0 Å². The molecular formula is C27H33N3O10. The zero-order valence-electron chi connectivity index (χ0n) is 23.2. The standard InChI is InChI=1S/C27H33N3O10/c1-14(31)21-20-11-19(22(30(20)23(21)33)24(34)38-13-39-25(35)27(4,5)6)17-7-9-18(10-8-17)28-15(2)29-26(36)40-12-37-16(3)32/h7-10,14,20-21,31H,11-13H2,1-6H3,(H,28,29,36)/t14-,20-,21-/m1/s1. The van der Waals surface area contributed by atoms with Gasteiger partial charge in [0.1, 0.15) is 11.5 Å². The van der Waals surface area contributed by atoms with E-state index in [4.69, 9.17) is 9.47 Å². The van der Waals surface area contributed by atoms with Crippen molar-refractivity contribution in [3.05, 3.63) is 35.5 Å². The second kappa shape index (κ2) is 12.3. The lowest BCUT2D eigenvalue weighted by Crippen LogP contribution is -2.61. The number of carbonyl (C=O) groups is 5. The zero-order valence-corrected chi connectivity index (χ0v) is 23.2. The predicted molar refractivity (Wildman–Crippen MR) is 140 cm³/mol. The van der Waals surface area contributed by atoms with Gasteiger partial charge in [0.2, 0.25) is 19.5 Å². The van der Waals surface area contributed by atoms with E-state index in [1.165, 1.54) is 25.7 Å². The van der Waals surface area contributed by atoms with Gasteiger partial charge in [-0.25, -0.2) is 9.59 Å². The van der Waals surface area contributed by atoms with Crippen LogP contribution in [-0.2, 0) is 38.1 Å². The molecule has 2 aliphatic rings. The number of ether oxygens (including phenoxy) is 4. The Labute approximate surface area is 231 Å². The molecule has 2 aliphatic heterocycles. The van der Waals surface area contributed by atoms with Gasteiger partial charge in [-0.2, -0.15) is 4.99 Å². The number of aliphatic hydroxyl groups is 1. The Kier molecular flexibility index (Phi) is 9.30. The minimum absolute atomic E-state index is 0.0349. The van der Waals surface area contributed by atoms with Crippen LogP contribution in [0.25, 0.3) is 5.57 Å². The Morgan fingerprint density at radius 1 is 1.05 bits per heavy atom. The summed E-state index contributed by atoms with van der Waals surface area (Å²) < 4.78 is 19.4. The Bertz CT molecular complexity index is 1240. The number of aliphatic imine (C=N–C) groups is 1. The number of amides is 2. The van der Waals surface area contributed by atoms with Crippen molar-refractivity contribution in [2.75, 3.05) is 18.9 Å². The zero-order chi connectivity index (χ0) is 29.8. The summed E-state index contributed by atoms with van der Waals surface area (Å²) >= 11 is 0. The van der Waals surface area contributed by atoms with Crippen molar-refractivity contribution in [2.45, 2.75) is 60.1 Å². The van der Waals surface area contributed by atoms with E-state index in [9.17, 15) is 29.1 Å². The number of amidine groups is 1. The van der Waals surface area contributed by atoms with Gasteiger partial charge >= 0.3 is 24.0 Å². The summed E-state index contributed by atoms with van der Waals surface area (Å²) in [6.07, 6.45) is -1.53. The molecule has 0 radical (unpaired) electrons. The molecule has 1 saturated heterocycles. The van der Waals surface area contributed by atoms with E-state index in [0.29, 0.717) is 23.2 Å². The average molecular weight is 560 g/mol. The van der Waals surface area contributed by atoms with Crippen LogP contribution in [0.15, 0.2) is 35.0 Å². The summed E-state index contributed by atoms with van der Waals surface area (Å²) in [4.78, 5) is 65.4. The van der Waals surface area contributed by atoms with Gasteiger partial charge in [-0.3, -0.25) is 14.4 Å². The van der Waals surface area contributed by atoms with Gasteiger partial charge in [0, 0.05) is 12.6 Å². The number of aliphatic hydroxyl groups excluding tert-OH is 1. The van der Waals surface area contributed by atoms with Crippen LogP contribution < -0.4 is 5.32 Å². The van der Waals surface area contributed by atoms with E-state index >= 15 is 0 Å². The highest BCUT2D eigenvalue weighted by atomic mass is 16.7. The Balaban J connectivity index is 1.75. The molecule has 0 saturated carbocycles. The number of esters is 3. The molecule has 40 heavy (non-hydrogen) atoms. The summed E-state index contributed by atoms with van der Waals surface area (Å²) in [5.74, 6) is -2.80. The second-order valence-corrected chi connectivity index (χ2v) is 10.4. The molecular weight excluding hydrogens is 526 g/mol. The van der Waals surface area contributed by atoms with Crippen LogP contribution >= 0.6 is 0 Å². The third kappa shape index (κ3) is 7.03. The lowest BCUT2D eigenvalue weighted by atomic mass is 9.82. The van der Waals surface area contributed by atoms with Crippen molar-refractivity contribution < 1.29 is 48.0 Å². The first kappa shape index (κ1) is 30.3. The maximum atomic E-state index is 13.1. The van der Waals surface area contributed by atoms with E-state index in [2.05, 4.69) is 19.8 Å². The number of fused-ring (bicyclic) bond motifs is 1. The molecule has 216 valence electrons. The third-order valence-corrected chi connectivity index (χ3v) is 6.18. The summed E-state index contributed by atoms with van der Waals surface area (Å²) in [5, 5.41) is 13.0. The smallest absolute Gasteiger partial charge is 0.428 e. The highest BCUT2D eigenvalue weighted by molar-refractivity contribution is 6.07. The maximum absolute atomic E-state index is 13.1. The topological polar surface area (TPSA) is 170 Å². The number of benzene rings is 1. The molecule has 1 fully saturated rings. The van der Waals surface area contributed by atoms with E-state index < -0.39 is 61.1 Å². The molecule has 3 rings (SSSR count). The number of rotatable bonds is 8. The van der Waals surface area contributed by atoms with Gasteiger partial charge in [-0.05, 0) is 64.3 Å². The quantitative estimate of drug-likeness (QED) is 0.158. The number of anilines is 1. The molecule has 0 aliphatic carbocycles. The van der Waals surface area contributed by atoms with Crippen molar-refractivity contribution in [1.29, 1.82) is 0 Å². The van der Waals surface area contributed by atoms with E-state index in [1.54, 1.807) is 45.0 Å². The fourth-order valence-electron chi connectivity index (χ4n) is 4.26. The third-order valence-electron chi connectivity index (χ3n) is 6.18. The van der Waals surface area contributed by atoms with Crippen LogP contribution in [0.2, 0.25) is 0 Å². The first-order valence-electron chi connectivity index (χ1n) is 12.5. The highest BCUT2D eigenvalue weighted by Gasteiger charge is 2.57. The van der Waals surface area contributed by atoms with Crippen LogP contribution in [0.5, 0.6) is 0 Å². The lowest BCUT2D eigenvalue weighted by molar-refractivity contribution is -0.175. The van der Waals surface area contributed by atoms with Crippen LogP contribution in [0, 0.1) is 11.3 Å². The van der Waals surface area contributed by atoms with Crippen LogP contribution in [0.4, 0.5) is 10.5 Å². The maximum Gasteiger partial charge on any atom is 0.438 e. The summed E-state index contributed by atoms with van der Waals surface area (Å²) in [7, 11) is 0. The highest BCUT2D eigenvalue weighted by Crippen LogP contribution is 2.47. The predicted octanol–water partition coefficient (Wildman–Crippen LogP) is 2.59. The SMILES string of the molecule is CC(=O)OCOC(=O)/N=C(\C)Nc1ccc(C2=C(C(=O)OCOC(=O)C(C)(C)C)N3C(=O)[C@H]([C@@H](C)O)[C@H]3C2)cc1. The lowest BCUT2D eigenvalue weighted by Gasteiger charge is -2.44. The largest absolute Gasteiger partial charge is 0.438 e. The fraction of sp³-hybridized carbons (Fsp3) is 0.481. The number of hydrogen-bond acceptors (Lipinski definition) is 10. The number of hydrogen-bond donors (Lipinski definition) is 2. The van der Waals surface area contributed by atoms with Crippen LogP contribution in [0.3, 0.4) is 0 Å². The molecule has 1 aromatic carbocycles. The van der Waals surface area contributed by atoms with E-state index in [0.717, 1.165) is 0 Å².